The highest BCUT2D eigenvalue weighted by atomic mass is 35.5. The fourth-order valence-corrected chi connectivity index (χ4v) is 4.46. The van der Waals surface area contributed by atoms with Crippen molar-refractivity contribution in [1.82, 2.24) is 0 Å². The molecule has 1 fully saturated rings. The first kappa shape index (κ1) is 20.3. The number of hydrogen-bond acceptors (Lipinski definition) is 3. The van der Waals surface area contributed by atoms with Gasteiger partial charge in [0.1, 0.15) is 21.4 Å². The second-order valence-electron chi connectivity index (χ2n) is 7.38. The van der Waals surface area contributed by atoms with Crippen LogP contribution >= 0.6 is 23.2 Å². The molecular weight excluding hydrogens is 397 g/mol. The van der Waals surface area contributed by atoms with E-state index in [4.69, 9.17) is 27.9 Å². The van der Waals surface area contributed by atoms with Crippen LogP contribution in [0.5, 0.6) is 11.5 Å². The van der Waals surface area contributed by atoms with Crippen LogP contribution in [0.3, 0.4) is 0 Å². The molecule has 0 saturated heterocycles. The van der Waals surface area contributed by atoms with Gasteiger partial charge in [0.15, 0.2) is 0 Å². The van der Waals surface area contributed by atoms with Gasteiger partial charge in [-0.15, -0.1) is 0 Å². The Hall–Kier alpha value is -2.48. The molecule has 0 radical (unpaired) electrons. The van der Waals surface area contributed by atoms with Crippen molar-refractivity contribution < 1.29 is 14.6 Å². The molecule has 0 heterocycles. The van der Waals surface area contributed by atoms with Crippen molar-refractivity contribution in [2.45, 2.75) is 19.8 Å². The van der Waals surface area contributed by atoms with E-state index >= 15 is 0 Å². The predicted molar refractivity (Wildman–Crippen MR) is 108 cm³/mol. The Morgan fingerprint density at radius 1 is 1.18 bits per heavy atom. The Morgan fingerprint density at radius 3 is 2.39 bits per heavy atom. The third-order valence-electron chi connectivity index (χ3n) is 5.65. The molecule has 1 N–H and O–H groups in total. The maximum absolute atomic E-state index is 12.3. The summed E-state index contributed by atoms with van der Waals surface area (Å²) in [5.41, 5.74) is -1.44. The van der Waals surface area contributed by atoms with Crippen LogP contribution in [0.1, 0.15) is 25.3 Å². The van der Waals surface area contributed by atoms with E-state index in [1.165, 1.54) is 6.08 Å². The van der Waals surface area contributed by atoms with Crippen LogP contribution in [-0.4, -0.2) is 11.1 Å². The maximum Gasteiger partial charge on any atom is 0.312 e. The van der Waals surface area contributed by atoms with Gasteiger partial charge in [-0.1, -0.05) is 67.4 Å². The lowest BCUT2D eigenvalue weighted by molar-refractivity contribution is -0.145. The lowest BCUT2D eigenvalue weighted by atomic mass is 9.78. The van der Waals surface area contributed by atoms with Crippen LogP contribution < -0.4 is 4.74 Å². The fraction of sp³-hybridized carbons (Fsp3) is 0.273. The Labute approximate surface area is 174 Å². The van der Waals surface area contributed by atoms with Gasteiger partial charge in [-0.25, -0.2) is 0 Å². The van der Waals surface area contributed by atoms with Crippen LogP contribution in [0.4, 0.5) is 0 Å². The first-order valence-corrected chi connectivity index (χ1v) is 9.49. The second-order valence-corrected chi connectivity index (χ2v) is 8.39. The third-order valence-corrected chi connectivity index (χ3v) is 5.90. The van der Waals surface area contributed by atoms with Gasteiger partial charge < -0.3 is 9.84 Å². The molecule has 6 heteroatoms. The number of nitrogens with zero attached hydrogens (tertiary/aromatic N) is 1. The fourth-order valence-electron chi connectivity index (χ4n) is 4.21. The SMILES string of the molecule is CC1(C)C(C=C(Cl)Cl)[C@]1(C(=O)O)C(C#N)c1cccc(Oc2ccccc2)c1. The minimum atomic E-state index is -1.33. The van der Waals surface area contributed by atoms with Gasteiger partial charge in [0, 0.05) is 5.92 Å². The minimum Gasteiger partial charge on any atom is -0.481 e. The number of carboxylic acid groups (broad SMARTS) is 1. The lowest BCUT2D eigenvalue weighted by Gasteiger charge is -2.22. The molecular formula is C22H19Cl2NO3. The summed E-state index contributed by atoms with van der Waals surface area (Å²) < 4.78 is 5.84. The van der Waals surface area contributed by atoms with Gasteiger partial charge in [0.25, 0.3) is 0 Å². The first-order valence-electron chi connectivity index (χ1n) is 8.73. The number of allylic oxidation sites excluding steroid dienone is 1. The van der Waals surface area contributed by atoms with Gasteiger partial charge in [0.2, 0.25) is 0 Å². The van der Waals surface area contributed by atoms with Gasteiger partial charge in [-0.3, -0.25) is 4.79 Å². The summed E-state index contributed by atoms with van der Waals surface area (Å²) in [6, 6.07) is 18.4. The normalized spacial score (nSPS) is 23.2. The van der Waals surface area contributed by atoms with Crippen molar-refractivity contribution in [1.29, 1.82) is 5.26 Å². The predicted octanol–water partition coefficient (Wildman–Crippen LogP) is 6.13. The van der Waals surface area contributed by atoms with E-state index in [1.807, 2.05) is 44.2 Å². The molecule has 2 aromatic rings. The van der Waals surface area contributed by atoms with E-state index in [0.29, 0.717) is 17.1 Å². The first-order chi connectivity index (χ1) is 13.2. The topological polar surface area (TPSA) is 70.3 Å². The summed E-state index contributed by atoms with van der Waals surface area (Å²) in [5, 5.41) is 20.0. The number of halogens is 2. The monoisotopic (exact) mass is 415 g/mol. The molecule has 0 amide bonds. The summed E-state index contributed by atoms with van der Waals surface area (Å²) in [7, 11) is 0. The van der Waals surface area contributed by atoms with E-state index in [0.717, 1.165) is 0 Å². The van der Waals surface area contributed by atoms with Crippen molar-refractivity contribution in [3.8, 4) is 17.6 Å². The maximum atomic E-state index is 12.3. The van der Waals surface area contributed by atoms with E-state index in [9.17, 15) is 15.2 Å². The van der Waals surface area contributed by atoms with Crippen molar-refractivity contribution in [3.63, 3.8) is 0 Å². The summed E-state index contributed by atoms with van der Waals surface area (Å²) >= 11 is 11.6. The van der Waals surface area contributed by atoms with Crippen LogP contribution in [0.15, 0.2) is 65.2 Å². The molecule has 1 aliphatic rings. The molecule has 1 saturated carbocycles. The quantitative estimate of drug-likeness (QED) is 0.615. The highest BCUT2D eigenvalue weighted by Gasteiger charge is 2.78. The zero-order valence-corrected chi connectivity index (χ0v) is 16.9. The second kappa shape index (κ2) is 7.50. The van der Waals surface area contributed by atoms with Crippen LogP contribution in [0.2, 0.25) is 0 Å². The number of rotatable bonds is 6. The lowest BCUT2D eigenvalue weighted by Crippen LogP contribution is -2.28. The Balaban J connectivity index is 2.01. The van der Waals surface area contributed by atoms with Crippen LogP contribution in [-0.2, 0) is 4.79 Å². The number of ether oxygens (including phenoxy) is 1. The summed E-state index contributed by atoms with van der Waals surface area (Å²) in [5.74, 6) is -1.22. The number of benzene rings is 2. The van der Waals surface area contributed by atoms with E-state index < -0.39 is 28.6 Å². The standard InChI is InChI=1S/C22H19Cl2NO3/c1-21(2)18(12-19(23)24)22(21,20(26)27)17(13-25)14-7-6-10-16(11-14)28-15-8-4-3-5-9-15/h3-12,17-18H,1-2H3,(H,26,27)/t17?,18?,22-/m0/s1. The molecule has 4 nitrogen and oxygen atoms in total. The van der Waals surface area contributed by atoms with Gasteiger partial charge in [0.05, 0.1) is 12.0 Å². The zero-order chi connectivity index (χ0) is 20.5. The molecule has 144 valence electrons. The summed E-state index contributed by atoms with van der Waals surface area (Å²) in [6.45, 7) is 3.63. The number of para-hydroxylation sites is 1. The largest absolute Gasteiger partial charge is 0.481 e. The molecule has 2 unspecified atom stereocenters. The van der Waals surface area contributed by atoms with Crippen molar-refractivity contribution in [3.05, 3.63) is 70.7 Å². The van der Waals surface area contributed by atoms with Crippen LogP contribution in [0.25, 0.3) is 0 Å². The molecule has 3 atom stereocenters. The van der Waals surface area contributed by atoms with Crippen LogP contribution in [0, 0.1) is 28.1 Å². The molecule has 1 aliphatic carbocycles. The number of nitriles is 1. The van der Waals surface area contributed by atoms with E-state index in [-0.39, 0.29) is 4.49 Å². The van der Waals surface area contributed by atoms with Gasteiger partial charge in [-0.05, 0) is 41.3 Å². The zero-order valence-electron chi connectivity index (χ0n) is 15.4. The smallest absolute Gasteiger partial charge is 0.312 e. The van der Waals surface area contributed by atoms with E-state index in [1.54, 1.807) is 24.3 Å². The highest BCUT2D eigenvalue weighted by molar-refractivity contribution is 6.55. The molecule has 2 aromatic carbocycles. The minimum absolute atomic E-state index is 0.000878. The van der Waals surface area contributed by atoms with Crippen molar-refractivity contribution in [2.75, 3.05) is 0 Å². The third kappa shape index (κ3) is 3.26. The summed E-state index contributed by atoms with van der Waals surface area (Å²) in [4.78, 5) is 12.3. The molecule has 28 heavy (non-hydrogen) atoms. The van der Waals surface area contributed by atoms with Gasteiger partial charge in [-0.2, -0.15) is 5.26 Å². The Morgan fingerprint density at radius 2 is 1.82 bits per heavy atom. The number of carboxylic acids is 1. The van der Waals surface area contributed by atoms with E-state index in [2.05, 4.69) is 6.07 Å². The average molecular weight is 416 g/mol. The molecule has 0 aromatic heterocycles. The summed E-state index contributed by atoms with van der Waals surface area (Å²) in [6.07, 6.45) is 1.52. The molecule has 0 aliphatic heterocycles. The number of hydrogen-bond donors (Lipinski definition) is 1. The van der Waals surface area contributed by atoms with Crippen molar-refractivity contribution >= 4 is 29.2 Å². The number of aliphatic carboxylic acids is 1. The van der Waals surface area contributed by atoms with Crippen molar-refractivity contribution in [2.24, 2.45) is 16.7 Å². The molecule has 0 bridgehead atoms. The Kier molecular flexibility index (Phi) is 5.43. The number of carbonyl (C=O) groups is 1. The van der Waals surface area contributed by atoms with Gasteiger partial charge >= 0.3 is 5.97 Å². The molecule has 0 spiro atoms. The highest BCUT2D eigenvalue weighted by Crippen LogP contribution is 2.75. The Bertz CT molecular complexity index is 961. The molecule has 3 rings (SSSR count). The average Bonchev–Trinajstić information content (AvgIpc) is 3.12.